The van der Waals surface area contributed by atoms with E-state index in [1.165, 1.54) is 6.20 Å². The Balaban J connectivity index is 1.12. The monoisotopic (exact) mass is 492 g/mol. The van der Waals surface area contributed by atoms with Crippen molar-refractivity contribution in [2.45, 2.75) is 69.2 Å². The molecule has 1 aromatic carbocycles. The fourth-order valence-electron chi connectivity index (χ4n) is 6.13. The number of halogens is 1. The van der Waals surface area contributed by atoms with Crippen molar-refractivity contribution < 1.29 is 23.5 Å². The summed E-state index contributed by atoms with van der Waals surface area (Å²) in [5.41, 5.74) is 2.15. The van der Waals surface area contributed by atoms with Crippen molar-refractivity contribution in [3.05, 3.63) is 59.2 Å². The van der Waals surface area contributed by atoms with Gasteiger partial charge in [-0.2, -0.15) is 0 Å². The number of rotatable bonds is 5. The van der Waals surface area contributed by atoms with E-state index in [9.17, 15) is 18.8 Å². The molecular weight excluding hydrogens is 463 g/mol. The Kier molecular flexibility index (Phi) is 5.95. The van der Waals surface area contributed by atoms with Crippen LogP contribution in [-0.2, 0) is 16.1 Å². The number of benzene rings is 1. The molecule has 0 radical (unpaired) electrons. The first kappa shape index (κ1) is 23.1. The molecule has 2 saturated heterocycles. The SMILES string of the molecule is O=C1CCC(N2Cc3cc(O[C@H]4CCCC[C@@H]4N4CC(c5ccncc5F)C4)ccc3C2=O)C(=O)N1. The average Bonchev–Trinajstić information content (AvgIpc) is 3.16. The Morgan fingerprint density at radius 3 is 2.69 bits per heavy atom. The Morgan fingerprint density at radius 2 is 1.89 bits per heavy atom. The van der Waals surface area contributed by atoms with E-state index in [0.29, 0.717) is 18.5 Å². The van der Waals surface area contributed by atoms with Crippen LogP contribution in [0.15, 0.2) is 36.7 Å². The summed E-state index contributed by atoms with van der Waals surface area (Å²) in [5, 5.41) is 2.34. The quantitative estimate of drug-likeness (QED) is 0.646. The Morgan fingerprint density at radius 1 is 1.06 bits per heavy atom. The molecule has 1 aliphatic carbocycles. The smallest absolute Gasteiger partial charge is 0.255 e. The van der Waals surface area contributed by atoms with E-state index in [0.717, 1.165) is 55.6 Å². The van der Waals surface area contributed by atoms with E-state index in [1.807, 2.05) is 12.1 Å². The number of piperidine rings is 1. The fraction of sp³-hybridized carbons (Fsp3) is 0.481. The fourth-order valence-corrected chi connectivity index (χ4v) is 6.13. The van der Waals surface area contributed by atoms with Gasteiger partial charge in [-0.25, -0.2) is 4.39 Å². The molecule has 1 N–H and O–H groups in total. The number of nitrogens with zero attached hydrogens (tertiary/aromatic N) is 3. The lowest BCUT2D eigenvalue weighted by Gasteiger charge is -2.48. The highest BCUT2D eigenvalue weighted by atomic mass is 19.1. The van der Waals surface area contributed by atoms with Gasteiger partial charge < -0.3 is 9.64 Å². The Labute approximate surface area is 208 Å². The zero-order valence-corrected chi connectivity index (χ0v) is 20.0. The minimum Gasteiger partial charge on any atom is -0.489 e. The predicted octanol–water partition coefficient (Wildman–Crippen LogP) is 2.77. The summed E-state index contributed by atoms with van der Waals surface area (Å²) in [5.74, 6) is -0.221. The van der Waals surface area contributed by atoms with Gasteiger partial charge >= 0.3 is 0 Å². The molecule has 1 aromatic heterocycles. The van der Waals surface area contributed by atoms with Gasteiger partial charge in [0.2, 0.25) is 11.8 Å². The van der Waals surface area contributed by atoms with Gasteiger partial charge in [0.25, 0.3) is 5.91 Å². The van der Waals surface area contributed by atoms with Crippen molar-refractivity contribution >= 4 is 17.7 Å². The molecule has 3 fully saturated rings. The molecule has 188 valence electrons. The number of ether oxygens (including phenoxy) is 1. The topological polar surface area (TPSA) is 91.8 Å². The van der Waals surface area contributed by atoms with Gasteiger partial charge in [-0.15, -0.1) is 0 Å². The van der Waals surface area contributed by atoms with Crippen LogP contribution < -0.4 is 10.1 Å². The standard InChI is InChI=1S/C27H29FN4O4/c28-21-12-29-10-9-19(21)17-13-31(14-17)22-3-1-2-4-24(22)36-18-5-6-20-16(11-18)15-32(27(20)35)23-7-8-25(33)30-26(23)34/h5-6,9-12,17,22-24H,1-4,7-8,13-15H2,(H,30,33,34)/t22-,23?,24-/m0/s1. The van der Waals surface area contributed by atoms with Gasteiger partial charge in [0.1, 0.15) is 23.7 Å². The lowest BCUT2D eigenvalue weighted by molar-refractivity contribution is -0.136. The van der Waals surface area contributed by atoms with E-state index in [-0.39, 0.29) is 42.1 Å². The summed E-state index contributed by atoms with van der Waals surface area (Å²) >= 11 is 0. The molecule has 6 rings (SSSR count). The van der Waals surface area contributed by atoms with Gasteiger partial charge in [0.15, 0.2) is 0 Å². The summed E-state index contributed by atoms with van der Waals surface area (Å²) in [7, 11) is 0. The van der Waals surface area contributed by atoms with Crippen LogP contribution in [0, 0.1) is 5.82 Å². The van der Waals surface area contributed by atoms with Gasteiger partial charge in [-0.05, 0) is 61.1 Å². The Hall–Kier alpha value is -3.33. The van der Waals surface area contributed by atoms with Gasteiger partial charge in [0, 0.05) is 49.8 Å². The first-order valence-electron chi connectivity index (χ1n) is 12.8. The minimum atomic E-state index is -0.626. The number of likely N-dealkylation sites (tertiary alicyclic amines) is 1. The lowest BCUT2D eigenvalue weighted by atomic mass is 9.84. The number of hydrogen-bond acceptors (Lipinski definition) is 6. The molecule has 2 aromatic rings. The highest BCUT2D eigenvalue weighted by molar-refractivity contribution is 6.05. The summed E-state index contributed by atoms with van der Waals surface area (Å²) in [4.78, 5) is 44.6. The van der Waals surface area contributed by atoms with Gasteiger partial charge in [-0.1, -0.05) is 6.42 Å². The predicted molar refractivity (Wildman–Crippen MR) is 128 cm³/mol. The summed E-state index contributed by atoms with van der Waals surface area (Å²) in [6, 6.07) is 6.95. The maximum Gasteiger partial charge on any atom is 0.255 e. The third-order valence-corrected chi connectivity index (χ3v) is 8.07. The zero-order valence-electron chi connectivity index (χ0n) is 20.0. The molecule has 9 heteroatoms. The molecular formula is C27H29FN4O4. The molecule has 36 heavy (non-hydrogen) atoms. The number of pyridine rings is 1. The third kappa shape index (κ3) is 4.15. The van der Waals surface area contributed by atoms with Crippen LogP contribution in [-0.4, -0.2) is 63.8 Å². The van der Waals surface area contributed by atoms with Crippen LogP contribution in [0.3, 0.4) is 0 Å². The van der Waals surface area contributed by atoms with E-state index in [4.69, 9.17) is 4.74 Å². The summed E-state index contributed by atoms with van der Waals surface area (Å²) < 4.78 is 20.6. The van der Waals surface area contributed by atoms with Gasteiger partial charge in [0.05, 0.1) is 6.20 Å². The first-order chi connectivity index (χ1) is 17.5. The number of amides is 3. The van der Waals surface area contributed by atoms with E-state index < -0.39 is 11.9 Å². The molecule has 3 aliphatic heterocycles. The number of aromatic nitrogens is 1. The highest BCUT2D eigenvalue weighted by Crippen LogP contribution is 2.37. The summed E-state index contributed by atoms with van der Waals surface area (Å²) in [6.07, 6.45) is 7.79. The Bertz CT molecular complexity index is 1210. The number of nitrogens with one attached hydrogen (secondary N) is 1. The second kappa shape index (κ2) is 9.28. The maximum absolute atomic E-state index is 14.1. The second-order valence-electron chi connectivity index (χ2n) is 10.3. The second-order valence-corrected chi connectivity index (χ2v) is 10.3. The number of imide groups is 1. The molecule has 8 nitrogen and oxygen atoms in total. The van der Waals surface area contributed by atoms with E-state index in [2.05, 4.69) is 15.2 Å². The van der Waals surface area contributed by atoms with Crippen LogP contribution in [0.4, 0.5) is 4.39 Å². The summed E-state index contributed by atoms with van der Waals surface area (Å²) in [6.45, 7) is 1.95. The van der Waals surface area contributed by atoms with Crippen molar-refractivity contribution in [1.29, 1.82) is 0 Å². The van der Waals surface area contributed by atoms with Crippen molar-refractivity contribution in [2.24, 2.45) is 0 Å². The first-order valence-corrected chi connectivity index (χ1v) is 12.8. The normalized spacial score (nSPS) is 27.0. The van der Waals surface area contributed by atoms with Crippen molar-refractivity contribution in [2.75, 3.05) is 13.1 Å². The molecule has 3 atom stereocenters. The van der Waals surface area contributed by atoms with Crippen molar-refractivity contribution in [3.8, 4) is 5.75 Å². The third-order valence-electron chi connectivity index (χ3n) is 8.07. The number of hydrogen-bond donors (Lipinski definition) is 1. The van der Waals surface area contributed by atoms with Gasteiger partial charge in [-0.3, -0.25) is 29.6 Å². The number of carbonyl (C=O) groups excluding carboxylic acids is 3. The van der Waals surface area contributed by atoms with Crippen LogP contribution in [0.1, 0.15) is 65.9 Å². The van der Waals surface area contributed by atoms with Crippen molar-refractivity contribution in [3.63, 3.8) is 0 Å². The minimum absolute atomic E-state index is 0.0309. The van der Waals surface area contributed by atoms with E-state index >= 15 is 0 Å². The van der Waals surface area contributed by atoms with Crippen molar-refractivity contribution in [1.82, 2.24) is 20.1 Å². The maximum atomic E-state index is 14.1. The molecule has 1 saturated carbocycles. The molecule has 0 bridgehead atoms. The molecule has 1 unspecified atom stereocenters. The van der Waals surface area contributed by atoms with Crippen LogP contribution >= 0.6 is 0 Å². The molecule has 4 aliphatic rings. The molecule has 3 amide bonds. The van der Waals surface area contributed by atoms with E-state index in [1.54, 1.807) is 23.2 Å². The number of carbonyl (C=O) groups is 3. The highest BCUT2D eigenvalue weighted by Gasteiger charge is 2.41. The molecule has 4 heterocycles. The largest absolute Gasteiger partial charge is 0.489 e. The molecule has 0 spiro atoms. The number of fused-ring (bicyclic) bond motifs is 1. The average molecular weight is 493 g/mol. The van der Waals surface area contributed by atoms with Crippen LogP contribution in [0.5, 0.6) is 5.75 Å². The lowest BCUT2D eigenvalue weighted by Crippen LogP contribution is -2.57. The van der Waals surface area contributed by atoms with Crippen LogP contribution in [0.2, 0.25) is 0 Å². The zero-order chi connectivity index (χ0) is 24.8. The van der Waals surface area contributed by atoms with Crippen LogP contribution in [0.25, 0.3) is 0 Å².